The van der Waals surface area contributed by atoms with Gasteiger partial charge in [-0.2, -0.15) is 0 Å². The van der Waals surface area contributed by atoms with E-state index in [-0.39, 0.29) is 16.4 Å². The third-order valence-electron chi connectivity index (χ3n) is 3.74. The molecule has 0 saturated carbocycles. The number of amides is 2. The normalized spacial score (nSPS) is 9.97. The Morgan fingerprint density at radius 2 is 1.59 bits per heavy atom. The van der Waals surface area contributed by atoms with Crippen LogP contribution in [0, 0.1) is 10.1 Å². The van der Waals surface area contributed by atoms with Crippen molar-refractivity contribution in [3.63, 3.8) is 0 Å². The van der Waals surface area contributed by atoms with Gasteiger partial charge in [0.05, 0.1) is 11.5 Å². The fourth-order valence-electron chi connectivity index (χ4n) is 2.16. The summed E-state index contributed by atoms with van der Waals surface area (Å²) in [6.07, 6.45) is 1.99. The molecule has 0 heterocycles. The Hall–Kier alpha value is -3.53. The Balaban J connectivity index is 1.81. The SMILES string of the molecule is CCCCOc1ccc(C(=O)NC(=S)NNC(=O)c2ccc([N+](=O)[O-])cc2)cc1. The molecule has 0 spiro atoms. The van der Waals surface area contributed by atoms with Crippen LogP contribution in [0.25, 0.3) is 0 Å². The van der Waals surface area contributed by atoms with Crippen molar-refractivity contribution in [3.05, 3.63) is 69.8 Å². The van der Waals surface area contributed by atoms with Crippen LogP contribution < -0.4 is 20.9 Å². The maximum absolute atomic E-state index is 12.2. The molecule has 2 aromatic rings. The van der Waals surface area contributed by atoms with Gasteiger partial charge in [0.1, 0.15) is 5.75 Å². The molecule has 2 aromatic carbocycles. The van der Waals surface area contributed by atoms with Gasteiger partial charge in [-0.15, -0.1) is 0 Å². The van der Waals surface area contributed by atoms with Gasteiger partial charge < -0.3 is 4.74 Å². The predicted molar refractivity (Wildman–Crippen MR) is 111 cm³/mol. The number of ether oxygens (including phenoxy) is 1. The summed E-state index contributed by atoms with van der Waals surface area (Å²) in [7, 11) is 0. The lowest BCUT2D eigenvalue weighted by Gasteiger charge is -2.11. The third-order valence-corrected chi connectivity index (χ3v) is 3.94. The number of nitro groups is 1. The summed E-state index contributed by atoms with van der Waals surface area (Å²) in [6.45, 7) is 2.69. The highest BCUT2D eigenvalue weighted by molar-refractivity contribution is 7.80. The summed E-state index contributed by atoms with van der Waals surface area (Å²) < 4.78 is 5.53. The molecule has 0 bridgehead atoms. The second-order valence-electron chi connectivity index (χ2n) is 5.89. The summed E-state index contributed by atoms with van der Waals surface area (Å²) in [5, 5.41) is 13.0. The van der Waals surface area contributed by atoms with E-state index in [4.69, 9.17) is 17.0 Å². The largest absolute Gasteiger partial charge is 0.494 e. The molecule has 0 aromatic heterocycles. The molecule has 9 nitrogen and oxygen atoms in total. The Morgan fingerprint density at radius 1 is 1.00 bits per heavy atom. The lowest BCUT2D eigenvalue weighted by Crippen LogP contribution is -2.48. The minimum absolute atomic E-state index is 0.103. The van der Waals surface area contributed by atoms with Crippen molar-refractivity contribution in [1.82, 2.24) is 16.2 Å². The number of non-ortho nitro benzene ring substituents is 1. The molecule has 0 fully saturated rings. The van der Waals surface area contributed by atoms with E-state index in [0.717, 1.165) is 12.8 Å². The van der Waals surface area contributed by atoms with Crippen LogP contribution in [0.5, 0.6) is 5.75 Å². The molecule has 0 unspecified atom stereocenters. The van der Waals surface area contributed by atoms with Crippen LogP contribution >= 0.6 is 12.2 Å². The molecule has 0 radical (unpaired) electrons. The topological polar surface area (TPSA) is 123 Å². The molecule has 152 valence electrons. The summed E-state index contributed by atoms with van der Waals surface area (Å²) in [4.78, 5) is 34.3. The zero-order chi connectivity index (χ0) is 21.2. The van der Waals surface area contributed by atoms with Crippen molar-refractivity contribution in [3.8, 4) is 5.75 Å². The standard InChI is InChI=1S/C19H20N4O5S/c1-2-3-12-28-16-10-6-13(7-11-16)17(24)20-19(29)22-21-18(25)14-4-8-15(9-5-14)23(26)27/h4-11H,2-3,12H2,1H3,(H,21,25)(H2,20,22,24,29). The van der Waals surface area contributed by atoms with Crippen molar-refractivity contribution in [2.75, 3.05) is 6.61 Å². The van der Waals surface area contributed by atoms with Crippen LogP contribution in [-0.2, 0) is 0 Å². The molecule has 29 heavy (non-hydrogen) atoms. The fourth-order valence-corrected chi connectivity index (χ4v) is 2.31. The lowest BCUT2D eigenvalue weighted by atomic mass is 10.2. The van der Waals surface area contributed by atoms with Crippen LogP contribution in [0.2, 0.25) is 0 Å². The lowest BCUT2D eigenvalue weighted by molar-refractivity contribution is -0.384. The molecule has 2 amide bonds. The molecule has 0 aliphatic heterocycles. The number of unbranched alkanes of at least 4 members (excludes halogenated alkanes) is 1. The smallest absolute Gasteiger partial charge is 0.269 e. The quantitative estimate of drug-likeness (QED) is 0.274. The number of thiocarbonyl (C=S) groups is 1. The first-order valence-electron chi connectivity index (χ1n) is 8.79. The van der Waals surface area contributed by atoms with Crippen LogP contribution in [0.4, 0.5) is 5.69 Å². The first-order chi connectivity index (χ1) is 13.9. The van der Waals surface area contributed by atoms with Crippen molar-refractivity contribution >= 4 is 34.8 Å². The van der Waals surface area contributed by atoms with Gasteiger partial charge in [0.15, 0.2) is 5.11 Å². The van der Waals surface area contributed by atoms with E-state index < -0.39 is 16.7 Å². The Labute approximate surface area is 172 Å². The van der Waals surface area contributed by atoms with Gasteiger partial charge in [0.2, 0.25) is 0 Å². The second-order valence-corrected chi connectivity index (χ2v) is 6.30. The molecule has 2 rings (SSSR count). The highest BCUT2D eigenvalue weighted by Gasteiger charge is 2.11. The Bertz CT molecular complexity index is 884. The number of nitrogens with zero attached hydrogens (tertiary/aromatic N) is 1. The number of rotatable bonds is 7. The van der Waals surface area contributed by atoms with Crippen LogP contribution in [-0.4, -0.2) is 28.5 Å². The number of benzene rings is 2. The van der Waals surface area contributed by atoms with Crippen LogP contribution in [0.1, 0.15) is 40.5 Å². The van der Waals surface area contributed by atoms with Crippen molar-refractivity contribution in [2.45, 2.75) is 19.8 Å². The number of nitro benzene ring substituents is 1. The predicted octanol–water partition coefficient (Wildman–Crippen LogP) is 2.72. The summed E-state index contributed by atoms with van der Waals surface area (Å²) >= 11 is 4.98. The molecule has 10 heteroatoms. The average Bonchev–Trinajstić information content (AvgIpc) is 2.72. The van der Waals surface area contributed by atoms with E-state index in [1.54, 1.807) is 24.3 Å². The van der Waals surface area contributed by atoms with E-state index in [0.29, 0.717) is 17.9 Å². The highest BCUT2D eigenvalue weighted by atomic mass is 32.1. The zero-order valence-electron chi connectivity index (χ0n) is 15.6. The van der Waals surface area contributed by atoms with Gasteiger partial charge in [0.25, 0.3) is 17.5 Å². The van der Waals surface area contributed by atoms with Crippen LogP contribution in [0.3, 0.4) is 0 Å². The Kier molecular flexibility index (Phi) is 8.04. The number of hydrazine groups is 1. The molecular formula is C19H20N4O5S. The van der Waals surface area contributed by atoms with Gasteiger partial charge >= 0.3 is 0 Å². The number of hydrogen-bond acceptors (Lipinski definition) is 6. The summed E-state index contributed by atoms with van der Waals surface area (Å²) in [5.41, 5.74) is 5.15. The maximum Gasteiger partial charge on any atom is 0.269 e. The van der Waals surface area contributed by atoms with Gasteiger partial charge in [-0.25, -0.2) is 0 Å². The van der Waals surface area contributed by atoms with E-state index in [9.17, 15) is 19.7 Å². The average molecular weight is 416 g/mol. The molecule has 0 atom stereocenters. The maximum atomic E-state index is 12.2. The van der Waals surface area contributed by atoms with E-state index >= 15 is 0 Å². The number of carbonyl (C=O) groups excluding carboxylic acids is 2. The highest BCUT2D eigenvalue weighted by Crippen LogP contribution is 2.13. The molecule has 0 aliphatic carbocycles. The minimum atomic E-state index is -0.565. The van der Waals surface area contributed by atoms with E-state index in [2.05, 4.69) is 23.1 Å². The summed E-state index contributed by atoms with van der Waals surface area (Å²) in [6, 6.07) is 11.6. The fraction of sp³-hybridized carbons (Fsp3) is 0.211. The third kappa shape index (κ3) is 6.85. The van der Waals surface area contributed by atoms with Gasteiger partial charge in [-0.05, 0) is 55.0 Å². The van der Waals surface area contributed by atoms with Gasteiger partial charge in [-0.3, -0.25) is 35.9 Å². The second kappa shape index (κ2) is 10.7. The number of hydrogen-bond donors (Lipinski definition) is 3. The van der Waals surface area contributed by atoms with Crippen LogP contribution in [0.15, 0.2) is 48.5 Å². The first kappa shape index (κ1) is 21.8. The van der Waals surface area contributed by atoms with Gasteiger partial charge in [0, 0.05) is 23.3 Å². The van der Waals surface area contributed by atoms with E-state index in [1.165, 1.54) is 24.3 Å². The van der Waals surface area contributed by atoms with Crippen molar-refractivity contribution in [2.24, 2.45) is 0 Å². The monoisotopic (exact) mass is 416 g/mol. The van der Waals surface area contributed by atoms with Crippen molar-refractivity contribution in [1.29, 1.82) is 0 Å². The van der Waals surface area contributed by atoms with Gasteiger partial charge in [-0.1, -0.05) is 13.3 Å². The van der Waals surface area contributed by atoms with Crippen molar-refractivity contribution < 1.29 is 19.2 Å². The number of nitrogens with one attached hydrogen (secondary N) is 3. The molecule has 0 aliphatic rings. The molecule has 3 N–H and O–H groups in total. The molecular weight excluding hydrogens is 396 g/mol. The Morgan fingerprint density at radius 3 is 2.17 bits per heavy atom. The summed E-state index contributed by atoms with van der Waals surface area (Å²) in [5.74, 6) is -0.344. The number of carbonyl (C=O) groups is 2. The minimum Gasteiger partial charge on any atom is -0.494 e. The molecule has 0 saturated heterocycles. The van der Waals surface area contributed by atoms with E-state index in [1.807, 2.05) is 0 Å². The zero-order valence-corrected chi connectivity index (χ0v) is 16.5. The first-order valence-corrected chi connectivity index (χ1v) is 9.20.